The van der Waals surface area contributed by atoms with Gasteiger partial charge < -0.3 is 14.3 Å². The van der Waals surface area contributed by atoms with Gasteiger partial charge in [-0.2, -0.15) is 0 Å². The van der Waals surface area contributed by atoms with E-state index < -0.39 is 0 Å². The number of carbonyl (C=O) groups excluding carboxylic acids is 1. The number of amides is 1. The highest BCUT2D eigenvalue weighted by Gasteiger charge is 2.27. The van der Waals surface area contributed by atoms with Crippen LogP contribution in [0.2, 0.25) is 0 Å². The van der Waals surface area contributed by atoms with Crippen LogP contribution in [0.3, 0.4) is 0 Å². The molecule has 2 aromatic rings. The summed E-state index contributed by atoms with van der Waals surface area (Å²) in [6.07, 6.45) is 5.36. The first kappa shape index (κ1) is 14.8. The van der Waals surface area contributed by atoms with Crippen LogP contribution in [0.4, 0.5) is 0 Å². The zero-order valence-corrected chi connectivity index (χ0v) is 13.3. The number of aromatic nitrogens is 2. The second-order valence-electron chi connectivity index (χ2n) is 5.76. The van der Waals surface area contributed by atoms with Gasteiger partial charge in [-0.15, -0.1) is 0 Å². The predicted octanol–water partition coefficient (Wildman–Crippen LogP) is 3.08. The standard InChI is InChI=1S/C14H18BrN3O2/c1-14(2,3)11(8-18-7-6-16-9-18)17-13(19)10-4-5-12(15)20-10/h4-7,9,11H,8H2,1-3H3,(H,17,19). The van der Waals surface area contributed by atoms with E-state index in [1.807, 2.05) is 10.8 Å². The molecule has 108 valence electrons. The molecule has 20 heavy (non-hydrogen) atoms. The molecule has 2 rings (SSSR count). The molecule has 0 aliphatic heterocycles. The first-order valence-electron chi connectivity index (χ1n) is 6.38. The minimum atomic E-state index is -0.212. The first-order valence-corrected chi connectivity index (χ1v) is 7.17. The molecule has 1 N–H and O–H groups in total. The van der Waals surface area contributed by atoms with Crippen LogP contribution >= 0.6 is 15.9 Å². The molecular weight excluding hydrogens is 322 g/mol. The van der Waals surface area contributed by atoms with Crippen molar-refractivity contribution < 1.29 is 9.21 Å². The summed E-state index contributed by atoms with van der Waals surface area (Å²) in [6, 6.07) is 3.32. The summed E-state index contributed by atoms with van der Waals surface area (Å²) in [5, 5.41) is 3.02. The molecule has 0 fully saturated rings. The van der Waals surface area contributed by atoms with Gasteiger partial charge in [-0.1, -0.05) is 20.8 Å². The van der Waals surface area contributed by atoms with E-state index in [-0.39, 0.29) is 17.4 Å². The van der Waals surface area contributed by atoms with Crippen LogP contribution in [-0.2, 0) is 6.54 Å². The summed E-state index contributed by atoms with van der Waals surface area (Å²) in [5.41, 5.74) is -0.0796. The highest BCUT2D eigenvalue weighted by molar-refractivity contribution is 9.10. The molecule has 1 atom stereocenters. The Labute approximate surface area is 126 Å². The van der Waals surface area contributed by atoms with Gasteiger partial charge in [0.25, 0.3) is 5.91 Å². The fourth-order valence-electron chi connectivity index (χ4n) is 1.81. The lowest BCUT2D eigenvalue weighted by molar-refractivity contribution is 0.0863. The lowest BCUT2D eigenvalue weighted by Crippen LogP contribution is -2.46. The van der Waals surface area contributed by atoms with Gasteiger partial charge in [0, 0.05) is 18.9 Å². The lowest BCUT2D eigenvalue weighted by Gasteiger charge is -2.31. The smallest absolute Gasteiger partial charge is 0.287 e. The largest absolute Gasteiger partial charge is 0.444 e. The van der Waals surface area contributed by atoms with Crippen LogP contribution in [0, 0.1) is 5.41 Å². The van der Waals surface area contributed by atoms with E-state index >= 15 is 0 Å². The second kappa shape index (κ2) is 5.83. The minimum Gasteiger partial charge on any atom is -0.444 e. The summed E-state index contributed by atoms with van der Waals surface area (Å²) in [7, 11) is 0. The zero-order chi connectivity index (χ0) is 14.8. The Morgan fingerprint density at radius 3 is 2.75 bits per heavy atom. The van der Waals surface area contributed by atoms with Crippen molar-refractivity contribution in [1.29, 1.82) is 0 Å². The number of nitrogens with zero attached hydrogens (tertiary/aromatic N) is 2. The van der Waals surface area contributed by atoms with E-state index in [4.69, 9.17) is 4.42 Å². The third-order valence-electron chi connectivity index (χ3n) is 3.10. The fourth-order valence-corrected chi connectivity index (χ4v) is 2.11. The molecule has 2 heterocycles. The van der Waals surface area contributed by atoms with Crippen molar-refractivity contribution in [2.75, 3.05) is 0 Å². The van der Waals surface area contributed by atoms with Gasteiger partial charge in [0.05, 0.1) is 12.4 Å². The number of halogens is 1. The molecule has 2 aromatic heterocycles. The van der Waals surface area contributed by atoms with Crippen molar-refractivity contribution >= 4 is 21.8 Å². The van der Waals surface area contributed by atoms with Crippen LogP contribution < -0.4 is 5.32 Å². The molecule has 5 nitrogen and oxygen atoms in total. The maximum atomic E-state index is 12.2. The van der Waals surface area contributed by atoms with Crippen LogP contribution in [0.5, 0.6) is 0 Å². The molecule has 0 aliphatic rings. The summed E-state index contributed by atoms with van der Waals surface area (Å²) in [4.78, 5) is 16.2. The van der Waals surface area contributed by atoms with Crippen molar-refractivity contribution in [1.82, 2.24) is 14.9 Å². The van der Waals surface area contributed by atoms with Crippen molar-refractivity contribution in [3.8, 4) is 0 Å². The van der Waals surface area contributed by atoms with Crippen LogP contribution in [0.15, 0.2) is 39.9 Å². The van der Waals surface area contributed by atoms with E-state index in [1.54, 1.807) is 24.7 Å². The van der Waals surface area contributed by atoms with Crippen molar-refractivity contribution in [3.63, 3.8) is 0 Å². The Bertz CT molecular complexity index is 570. The van der Waals surface area contributed by atoms with Crippen LogP contribution in [0.1, 0.15) is 31.3 Å². The monoisotopic (exact) mass is 339 g/mol. The Kier molecular flexibility index (Phi) is 4.32. The molecular formula is C14H18BrN3O2. The van der Waals surface area contributed by atoms with E-state index in [0.717, 1.165) is 0 Å². The maximum absolute atomic E-state index is 12.2. The number of hydrogen-bond acceptors (Lipinski definition) is 3. The Morgan fingerprint density at radius 2 is 2.25 bits per heavy atom. The highest BCUT2D eigenvalue weighted by Crippen LogP contribution is 2.22. The number of carbonyl (C=O) groups is 1. The maximum Gasteiger partial charge on any atom is 0.287 e. The molecule has 0 radical (unpaired) electrons. The Morgan fingerprint density at radius 1 is 1.50 bits per heavy atom. The number of hydrogen-bond donors (Lipinski definition) is 1. The number of imidazole rings is 1. The molecule has 6 heteroatoms. The molecule has 0 saturated heterocycles. The average Bonchev–Trinajstić information content (AvgIpc) is 2.98. The fraction of sp³-hybridized carbons (Fsp3) is 0.429. The normalized spacial score (nSPS) is 13.2. The average molecular weight is 340 g/mol. The summed E-state index contributed by atoms with van der Waals surface area (Å²) in [5.74, 6) is 0.0903. The van der Waals surface area contributed by atoms with Gasteiger partial charge in [-0.05, 0) is 33.5 Å². The topological polar surface area (TPSA) is 60.1 Å². The Hall–Kier alpha value is -1.56. The highest BCUT2D eigenvalue weighted by atomic mass is 79.9. The van der Waals surface area contributed by atoms with Gasteiger partial charge in [-0.3, -0.25) is 4.79 Å². The van der Waals surface area contributed by atoms with Gasteiger partial charge in [-0.25, -0.2) is 4.98 Å². The quantitative estimate of drug-likeness (QED) is 0.930. The van der Waals surface area contributed by atoms with Gasteiger partial charge >= 0.3 is 0 Å². The number of nitrogens with one attached hydrogen (secondary N) is 1. The second-order valence-corrected chi connectivity index (χ2v) is 6.54. The molecule has 0 spiro atoms. The SMILES string of the molecule is CC(C)(C)C(Cn1ccnc1)NC(=O)c1ccc(Br)o1. The molecule has 0 saturated carbocycles. The Balaban J connectivity index is 2.10. The zero-order valence-electron chi connectivity index (χ0n) is 11.8. The predicted molar refractivity (Wildman–Crippen MR) is 79.3 cm³/mol. The molecule has 1 unspecified atom stereocenters. The molecule has 0 bridgehead atoms. The molecule has 0 aliphatic carbocycles. The third-order valence-corrected chi connectivity index (χ3v) is 3.53. The van der Waals surface area contributed by atoms with Crippen LogP contribution in [-0.4, -0.2) is 21.5 Å². The first-order chi connectivity index (χ1) is 9.36. The summed E-state index contributed by atoms with van der Waals surface area (Å²) in [6.45, 7) is 6.93. The molecule has 1 amide bonds. The van der Waals surface area contributed by atoms with Crippen molar-refractivity contribution in [2.24, 2.45) is 5.41 Å². The lowest BCUT2D eigenvalue weighted by atomic mass is 9.86. The van der Waals surface area contributed by atoms with E-state index in [2.05, 4.69) is 47.0 Å². The van der Waals surface area contributed by atoms with Gasteiger partial charge in [0.1, 0.15) is 0 Å². The van der Waals surface area contributed by atoms with E-state index in [9.17, 15) is 4.79 Å². The third kappa shape index (κ3) is 3.72. The summed E-state index contributed by atoms with van der Waals surface area (Å²) < 4.78 is 7.78. The number of rotatable bonds is 4. The minimum absolute atomic E-state index is 0.0342. The molecule has 0 aromatic carbocycles. The van der Waals surface area contributed by atoms with Gasteiger partial charge in [0.15, 0.2) is 10.4 Å². The van der Waals surface area contributed by atoms with E-state index in [1.165, 1.54) is 0 Å². The van der Waals surface area contributed by atoms with Crippen molar-refractivity contribution in [3.05, 3.63) is 41.3 Å². The van der Waals surface area contributed by atoms with E-state index in [0.29, 0.717) is 17.0 Å². The van der Waals surface area contributed by atoms with Gasteiger partial charge in [0.2, 0.25) is 0 Å². The summed E-state index contributed by atoms with van der Waals surface area (Å²) >= 11 is 3.20. The van der Waals surface area contributed by atoms with Crippen LogP contribution in [0.25, 0.3) is 0 Å². The van der Waals surface area contributed by atoms with Crippen molar-refractivity contribution in [2.45, 2.75) is 33.4 Å². The number of furan rings is 1.